The van der Waals surface area contributed by atoms with Gasteiger partial charge in [0.2, 0.25) is 0 Å². The van der Waals surface area contributed by atoms with Crippen molar-refractivity contribution < 1.29 is 0 Å². The number of nitrogens with two attached hydrogens (primary N) is 1. The highest BCUT2D eigenvalue weighted by Gasteiger charge is 2.12. The fourth-order valence-electron chi connectivity index (χ4n) is 3.67. The van der Waals surface area contributed by atoms with Crippen LogP contribution in [0.25, 0.3) is 33.9 Å². The van der Waals surface area contributed by atoms with E-state index in [1.807, 2.05) is 48.8 Å². The number of hydrogen-bond acceptors (Lipinski definition) is 8. The maximum absolute atomic E-state index is 9.18. The van der Waals surface area contributed by atoms with Crippen molar-refractivity contribution >= 4 is 11.2 Å². The molecule has 166 valence electrons. The van der Waals surface area contributed by atoms with Gasteiger partial charge in [0, 0.05) is 23.5 Å². The molecule has 0 radical (unpaired) electrons. The van der Waals surface area contributed by atoms with Gasteiger partial charge in [0.25, 0.3) is 0 Å². The second-order valence-electron chi connectivity index (χ2n) is 7.85. The predicted molar refractivity (Wildman–Crippen MR) is 127 cm³/mol. The van der Waals surface area contributed by atoms with E-state index in [4.69, 9.17) is 5.73 Å². The van der Waals surface area contributed by atoms with Gasteiger partial charge < -0.3 is 5.73 Å². The minimum atomic E-state index is 0.480. The molecule has 5 aromatic rings. The normalized spacial score (nSPS) is 10.9. The van der Waals surface area contributed by atoms with Crippen molar-refractivity contribution in [2.45, 2.75) is 19.4 Å². The van der Waals surface area contributed by atoms with Crippen molar-refractivity contribution in [3.8, 4) is 28.8 Å². The third kappa shape index (κ3) is 4.48. The Kier molecular flexibility index (Phi) is 5.97. The van der Waals surface area contributed by atoms with E-state index in [-0.39, 0.29) is 0 Å². The minimum absolute atomic E-state index is 0.480. The van der Waals surface area contributed by atoms with Gasteiger partial charge in [-0.2, -0.15) is 5.26 Å². The van der Waals surface area contributed by atoms with Gasteiger partial charge in [-0.1, -0.05) is 35.5 Å². The first-order valence-corrected chi connectivity index (χ1v) is 10.9. The lowest BCUT2D eigenvalue weighted by Crippen LogP contribution is -2.04. The molecule has 3 aromatic heterocycles. The van der Waals surface area contributed by atoms with Crippen molar-refractivity contribution in [2.75, 3.05) is 6.54 Å². The summed E-state index contributed by atoms with van der Waals surface area (Å²) in [5.41, 5.74) is 11.2. The maximum atomic E-state index is 9.18. The largest absolute Gasteiger partial charge is 0.330 e. The van der Waals surface area contributed by atoms with Crippen LogP contribution in [0.1, 0.15) is 23.1 Å². The standard InChI is InChI=1S/C25H21N9/c26-9-3-6-19-13-28-23(29-14-19)20-7-2-5-18(11-20)16-34-25-22(32-33-34)15-30-24(31-25)21-8-1-4-17(10-21)12-27/h1-2,4-5,7-8,10-11,13-15H,3,6,9,16,26H2. The van der Waals surface area contributed by atoms with Gasteiger partial charge in [0.15, 0.2) is 22.8 Å². The van der Waals surface area contributed by atoms with Crippen LogP contribution in [-0.2, 0) is 13.0 Å². The molecule has 0 aliphatic carbocycles. The van der Waals surface area contributed by atoms with Crippen LogP contribution < -0.4 is 5.73 Å². The first-order chi connectivity index (χ1) is 16.7. The van der Waals surface area contributed by atoms with Gasteiger partial charge in [-0.15, -0.1) is 5.10 Å². The van der Waals surface area contributed by atoms with Crippen molar-refractivity contribution in [1.29, 1.82) is 5.26 Å². The Bertz CT molecular complexity index is 1480. The van der Waals surface area contributed by atoms with Crippen LogP contribution in [0.5, 0.6) is 0 Å². The van der Waals surface area contributed by atoms with E-state index < -0.39 is 0 Å². The summed E-state index contributed by atoms with van der Waals surface area (Å²) in [6, 6.07) is 17.4. The average Bonchev–Trinajstić information content (AvgIpc) is 3.29. The van der Waals surface area contributed by atoms with Gasteiger partial charge in [0.1, 0.15) is 0 Å². The summed E-state index contributed by atoms with van der Waals surface area (Å²) in [4.78, 5) is 18.1. The summed E-state index contributed by atoms with van der Waals surface area (Å²) in [6.45, 7) is 1.13. The second-order valence-corrected chi connectivity index (χ2v) is 7.85. The number of rotatable bonds is 7. The van der Waals surface area contributed by atoms with Crippen LogP contribution in [0.15, 0.2) is 67.1 Å². The molecule has 0 aliphatic rings. The third-order valence-corrected chi connectivity index (χ3v) is 5.40. The zero-order valence-electron chi connectivity index (χ0n) is 18.3. The van der Waals surface area contributed by atoms with E-state index in [1.165, 1.54) is 0 Å². The lowest BCUT2D eigenvalue weighted by Gasteiger charge is -2.07. The number of nitriles is 1. The summed E-state index contributed by atoms with van der Waals surface area (Å²) in [7, 11) is 0. The Morgan fingerprint density at radius 3 is 2.44 bits per heavy atom. The molecule has 9 heteroatoms. The molecule has 0 spiro atoms. The molecule has 0 unspecified atom stereocenters. The van der Waals surface area contributed by atoms with Crippen molar-refractivity contribution in [3.05, 3.63) is 83.8 Å². The number of aryl methyl sites for hydroxylation is 1. The van der Waals surface area contributed by atoms with E-state index in [0.29, 0.717) is 41.5 Å². The molecular formula is C25H21N9. The maximum Gasteiger partial charge on any atom is 0.182 e. The van der Waals surface area contributed by atoms with Crippen LogP contribution >= 0.6 is 0 Å². The van der Waals surface area contributed by atoms with Crippen LogP contribution in [0, 0.1) is 11.3 Å². The number of benzene rings is 2. The fraction of sp³-hybridized carbons (Fsp3) is 0.160. The van der Waals surface area contributed by atoms with Crippen molar-refractivity contribution in [2.24, 2.45) is 5.73 Å². The van der Waals surface area contributed by atoms with Gasteiger partial charge in [0.05, 0.1) is 24.4 Å². The quantitative estimate of drug-likeness (QED) is 0.402. The zero-order valence-corrected chi connectivity index (χ0v) is 18.3. The average molecular weight is 448 g/mol. The molecule has 34 heavy (non-hydrogen) atoms. The van der Waals surface area contributed by atoms with Gasteiger partial charge in [-0.3, -0.25) is 0 Å². The van der Waals surface area contributed by atoms with Crippen LogP contribution in [0.2, 0.25) is 0 Å². The van der Waals surface area contributed by atoms with E-state index in [0.717, 1.165) is 35.1 Å². The highest BCUT2D eigenvalue weighted by molar-refractivity contribution is 5.72. The molecule has 0 bridgehead atoms. The minimum Gasteiger partial charge on any atom is -0.330 e. The predicted octanol–water partition coefficient (Wildman–Crippen LogP) is 3.16. The molecule has 2 N–H and O–H groups in total. The first kappa shape index (κ1) is 21.3. The molecule has 0 amide bonds. The van der Waals surface area contributed by atoms with E-state index in [9.17, 15) is 5.26 Å². The molecule has 3 heterocycles. The second kappa shape index (κ2) is 9.52. The number of aromatic nitrogens is 7. The van der Waals surface area contributed by atoms with Gasteiger partial charge >= 0.3 is 0 Å². The molecule has 2 aromatic carbocycles. The highest BCUT2D eigenvalue weighted by atomic mass is 15.4. The Hall–Kier alpha value is -4.55. The highest BCUT2D eigenvalue weighted by Crippen LogP contribution is 2.21. The topological polar surface area (TPSA) is 132 Å². The molecule has 0 saturated heterocycles. The Balaban J connectivity index is 1.42. The monoisotopic (exact) mass is 447 g/mol. The summed E-state index contributed by atoms with van der Waals surface area (Å²) in [5.74, 6) is 1.19. The first-order valence-electron chi connectivity index (χ1n) is 10.9. The van der Waals surface area contributed by atoms with Crippen molar-refractivity contribution in [1.82, 2.24) is 34.9 Å². The molecule has 0 aliphatic heterocycles. The lowest BCUT2D eigenvalue weighted by molar-refractivity contribution is 0.664. The molecular weight excluding hydrogens is 426 g/mol. The van der Waals surface area contributed by atoms with Crippen molar-refractivity contribution in [3.63, 3.8) is 0 Å². The fourth-order valence-corrected chi connectivity index (χ4v) is 3.67. The van der Waals surface area contributed by atoms with E-state index in [1.54, 1.807) is 23.0 Å². The summed E-state index contributed by atoms with van der Waals surface area (Å²) >= 11 is 0. The summed E-state index contributed by atoms with van der Waals surface area (Å²) < 4.78 is 1.74. The Morgan fingerprint density at radius 2 is 1.65 bits per heavy atom. The molecule has 9 nitrogen and oxygen atoms in total. The van der Waals surface area contributed by atoms with E-state index in [2.05, 4.69) is 36.3 Å². The Labute approximate surface area is 196 Å². The van der Waals surface area contributed by atoms with Crippen LogP contribution in [-0.4, -0.2) is 41.5 Å². The molecule has 5 rings (SSSR count). The molecule has 0 atom stereocenters. The molecule has 0 fully saturated rings. The number of hydrogen-bond donors (Lipinski definition) is 1. The van der Waals surface area contributed by atoms with Gasteiger partial charge in [-0.25, -0.2) is 24.6 Å². The number of nitrogens with zero attached hydrogens (tertiary/aromatic N) is 8. The summed E-state index contributed by atoms with van der Waals surface area (Å²) in [6.07, 6.45) is 7.15. The summed E-state index contributed by atoms with van der Waals surface area (Å²) in [5, 5.41) is 17.7. The Morgan fingerprint density at radius 1 is 0.882 bits per heavy atom. The third-order valence-electron chi connectivity index (χ3n) is 5.40. The van der Waals surface area contributed by atoms with E-state index >= 15 is 0 Å². The molecule has 0 saturated carbocycles. The zero-order chi connectivity index (χ0) is 23.3. The van der Waals surface area contributed by atoms with Gasteiger partial charge in [-0.05, 0) is 48.7 Å². The lowest BCUT2D eigenvalue weighted by atomic mass is 10.1. The van der Waals surface area contributed by atoms with Crippen LogP contribution in [0.4, 0.5) is 0 Å². The van der Waals surface area contributed by atoms with Crippen LogP contribution in [0.3, 0.4) is 0 Å². The number of fused-ring (bicyclic) bond motifs is 1. The smallest absolute Gasteiger partial charge is 0.182 e. The SMILES string of the molecule is N#Cc1cccc(-c2ncc3nnn(Cc4cccc(-c5ncc(CCCN)cn5)c4)c3n2)c1.